The van der Waals surface area contributed by atoms with Gasteiger partial charge in [-0.25, -0.2) is 0 Å². The number of nitrogens with one attached hydrogen (secondary N) is 1. The van der Waals surface area contributed by atoms with Gasteiger partial charge in [0, 0.05) is 19.6 Å². The van der Waals surface area contributed by atoms with Crippen molar-refractivity contribution in [3.63, 3.8) is 0 Å². The molecule has 0 aromatic rings. The molecule has 1 heterocycles. The van der Waals surface area contributed by atoms with Gasteiger partial charge in [-0.1, -0.05) is 13.8 Å². The number of nitriles is 1. The molecule has 16 heavy (non-hydrogen) atoms. The number of morpholine rings is 1. The van der Waals surface area contributed by atoms with Crippen LogP contribution in [0.2, 0.25) is 0 Å². The maximum absolute atomic E-state index is 8.64. The third-order valence-electron chi connectivity index (χ3n) is 2.47. The quantitative estimate of drug-likeness (QED) is 0.437. The first-order valence-corrected chi connectivity index (χ1v) is 5.77. The summed E-state index contributed by atoms with van der Waals surface area (Å²) in [5, 5.41) is 11.9. The van der Waals surface area contributed by atoms with Crippen LogP contribution in [0.4, 0.5) is 0 Å². The average Bonchev–Trinajstić information content (AvgIpc) is 2.29. The lowest BCUT2D eigenvalue weighted by Gasteiger charge is -2.29. The Morgan fingerprint density at radius 2 is 2.19 bits per heavy atom. The van der Waals surface area contributed by atoms with Crippen LogP contribution in [0.15, 0.2) is 4.99 Å². The van der Waals surface area contributed by atoms with Crippen molar-refractivity contribution in [3.8, 4) is 6.19 Å². The van der Waals surface area contributed by atoms with E-state index in [0.717, 1.165) is 26.1 Å². The lowest BCUT2D eigenvalue weighted by Crippen LogP contribution is -2.47. The van der Waals surface area contributed by atoms with Gasteiger partial charge in [0.1, 0.15) is 0 Å². The van der Waals surface area contributed by atoms with Crippen molar-refractivity contribution >= 4 is 5.96 Å². The molecule has 5 heteroatoms. The molecule has 1 aliphatic rings. The summed E-state index contributed by atoms with van der Waals surface area (Å²) in [6.45, 7) is 8.22. The molecule has 5 nitrogen and oxygen atoms in total. The minimum Gasteiger partial charge on any atom is -0.378 e. The van der Waals surface area contributed by atoms with Crippen LogP contribution in [0.5, 0.6) is 0 Å². The number of rotatable bonds is 3. The van der Waals surface area contributed by atoms with E-state index in [4.69, 9.17) is 10.00 Å². The number of nitrogens with zero attached hydrogens (tertiary/aromatic N) is 3. The summed E-state index contributed by atoms with van der Waals surface area (Å²) in [5.41, 5.74) is 0. The minimum absolute atomic E-state index is 0.653. The van der Waals surface area contributed by atoms with E-state index >= 15 is 0 Å². The van der Waals surface area contributed by atoms with E-state index in [0.29, 0.717) is 25.1 Å². The van der Waals surface area contributed by atoms with Crippen molar-refractivity contribution < 1.29 is 4.74 Å². The van der Waals surface area contributed by atoms with Gasteiger partial charge >= 0.3 is 0 Å². The molecule has 1 fully saturated rings. The molecule has 0 amide bonds. The zero-order chi connectivity index (χ0) is 11.8. The van der Waals surface area contributed by atoms with E-state index < -0.39 is 0 Å². The van der Waals surface area contributed by atoms with Crippen LogP contribution in [0, 0.1) is 17.4 Å². The second-order valence-corrected chi connectivity index (χ2v) is 4.24. The molecule has 0 aromatic carbocycles. The monoisotopic (exact) mass is 224 g/mol. The van der Waals surface area contributed by atoms with E-state index in [9.17, 15) is 0 Å². The van der Waals surface area contributed by atoms with Crippen molar-refractivity contribution in [1.29, 1.82) is 5.26 Å². The minimum atomic E-state index is 0.653. The van der Waals surface area contributed by atoms with Crippen molar-refractivity contribution in [2.75, 3.05) is 32.8 Å². The van der Waals surface area contributed by atoms with E-state index in [1.54, 1.807) is 0 Å². The fraction of sp³-hybridized carbons (Fsp3) is 0.818. The molecule has 0 unspecified atom stereocenters. The smallest absolute Gasteiger partial charge is 0.210 e. The molecule has 0 saturated carbocycles. The van der Waals surface area contributed by atoms with Crippen LogP contribution >= 0.6 is 0 Å². The molecule has 0 aromatic heterocycles. The first-order chi connectivity index (χ1) is 7.74. The maximum Gasteiger partial charge on any atom is 0.210 e. The van der Waals surface area contributed by atoms with E-state index in [-0.39, 0.29) is 0 Å². The molecule has 0 radical (unpaired) electrons. The molecule has 0 spiro atoms. The average molecular weight is 224 g/mol. The van der Waals surface area contributed by atoms with Gasteiger partial charge in [0.2, 0.25) is 12.2 Å². The van der Waals surface area contributed by atoms with E-state index in [1.165, 1.54) is 0 Å². The van der Waals surface area contributed by atoms with Gasteiger partial charge in [-0.3, -0.25) is 0 Å². The largest absolute Gasteiger partial charge is 0.378 e. The molecule has 90 valence electrons. The maximum atomic E-state index is 8.64. The second-order valence-electron chi connectivity index (χ2n) is 4.24. The molecule has 1 saturated heterocycles. The second kappa shape index (κ2) is 7.07. The predicted octanol–water partition coefficient (Wildman–Crippen LogP) is 0.791. The van der Waals surface area contributed by atoms with Gasteiger partial charge in [0.15, 0.2) is 0 Å². The summed E-state index contributed by atoms with van der Waals surface area (Å²) >= 11 is 0. The number of aliphatic imine (C=N–C) groups is 1. The highest BCUT2D eigenvalue weighted by Gasteiger charge is 2.14. The van der Waals surface area contributed by atoms with Crippen LogP contribution in [0.1, 0.15) is 20.3 Å². The zero-order valence-corrected chi connectivity index (χ0v) is 10.1. The van der Waals surface area contributed by atoms with Crippen LogP contribution < -0.4 is 5.32 Å². The van der Waals surface area contributed by atoms with E-state index in [1.807, 2.05) is 6.19 Å². The highest BCUT2D eigenvalue weighted by atomic mass is 16.5. The number of ether oxygens (including phenoxy) is 1. The summed E-state index contributed by atoms with van der Waals surface area (Å²) in [6.07, 6.45) is 2.92. The zero-order valence-electron chi connectivity index (χ0n) is 10.1. The third kappa shape index (κ3) is 4.49. The summed E-state index contributed by atoms with van der Waals surface area (Å²) < 4.78 is 5.26. The highest BCUT2D eigenvalue weighted by molar-refractivity contribution is 5.80. The van der Waals surface area contributed by atoms with E-state index in [2.05, 4.69) is 29.1 Å². The summed E-state index contributed by atoms with van der Waals surface area (Å²) in [5.74, 6) is 1.34. The van der Waals surface area contributed by atoms with Gasteiger partial charge in [0.05, 0.1) is 13.2 Å². The summed E-state index contributed by atoms with van der Waals surface area (Å²) in [7, 11) is 0. The fourth-order valence-electron chi connectivity index (χ4n) is 1.52. The number of guanidine groups is 1. The van der Waals surface area contributed by atoms with Crippen molar-refractivity contribution in [2.45, 2.75) is 20.3 Å². The molecular formula is C11H20N4O. The third-order valence-corrected chi connectivity index (χ3v) is 2.47. The van der Waals surface area contributed by atoms with Crippen LogP contribution in [0.25, 0.3) is 0 Å². The predicted molar refractivity (Wildman–Crippen MR) is 62.9 cm³/mol. The summed E-state index contributed by atoms with van der Waals surface area (Å²) in [4.78, 5) is 5.89. The van der Waals surface area contributed by atoms with Crippen molar-refractivity contribution in [2.24, 2.45) is 10.9 Å². The van der Waals surface area contributed by atoms with Crippen LogP contribution in [-0.2, 0) is 4.74 Å². The lowest BCUT2D eigenvalue weighted by molar-refractivity contribution is 0.0665. The Morgan fingerprint density at radius 1 is 1.50 bits per heavy atom. The van der Waals surface area contributed by atoms with Gasteiger partial charge in [-0.2, -0.15) is 5.26 Å². The fourth-order valence-corrected chi connectivity index (χ4v) is 1.52. The molecule has 1 N–H and O–H groups in total. The van der Waals surface area contributed by atoms with Crippen LogP contribution in [-0.4, -0.2) is 43.7 Å². The standard InChI is InChI=1S/C11H20N4O/c1-10(2)3-4-13-11(14-9-12)15-5-7-16-8-6-15/h10H,3-8H2,1-2H3,(H,13,14). The first-order valence-electron chi connectivity index (χ1n) is 5.77. The molecule has 1 aliphatic heterocycles. The SMILES string of the molecule is CC(C)CCN/C(=N/C#N)N1CCOCC1. The molecule has 0 aliphatic carbocycles. The Balaban J connectivity index is 2.41. The Bertz CT molecular complexity index is 264. The normalized spacial score (nSPS) is 17.4. The number of hydrogen-bond donors (Lipinski definition) is 1. The Morgan fingerprint density at radius 3 is 2.75 bits per heavy atom. The Hall–Kier alpha value is -1.28. The van der Waals surface area contributed by atoms with Crippen molar-refractivity contribution in [1.82, 2.24) is 10.2 Å². The van der Waals surface area contributed by atoms with Crippen LogP contribution in [0.3, 0.4) is 0 Å². The first kappa shape index (κ1) is 12.8. The molecule has 0 bridgehead atoms. The Kier molecular flexibility index (Phi) is 5.65. The van der Waals surface area contributed by atoms with Gasteiger partial charge in [0.25, 0.3) is 0 Å². The molecule has 0 atom stereocenters. The summed E-state index contributed by atoms with van der Waals surface area (Å²) in [6, 6.07) is 0. The van der Waals surface area contributed by atoms with Gasteiger partial charge < -0.3 is 15.0 Å². The number of hydrogen-bond acceptors (Lipinski definition) is 3. The lowest BCUT2D eigenvalue weighted by atomic mass is 10.1. The topological polar surface area (TPSA) is 60.7 Å². The highest BCUT2D eigenvalue weighted by Crippen LogP contribution is 2.00. The molecular weight excluding hydrogens is 204 g/mol. The van der Waals surface area contributed by atoms with Crippen molar-refractivity contribution in [3.05, 3.63) is 0 Å². The van der Waals surface area contributed by atoms with Gasteiger partial charge in [-0.05, 0) is 12.3 Å². The van der Waals surface area contributed by atoms with Gasteiger partial charge in [-0.15, -0.1) is 4.99 Å². The Labute approximate surface area is 97.1 Å². The molecule has 1 rings (SSSR count).